The second-order valence-corrected chi connectivity index (χ2v) is 7.45. The van der Waals surface area contributed by atoms with Gasteiger partial charge in [0, 0.05) is 12.6 Å². The smallest absolute Gasteiger partial charge is 0.324 e. The summed E-state index contributed by atoms with van der Waals surface area (Å²) in [5, 5.41) is 3.69. The van der Waals surface area contributed by atoms with E-state index in [1.54, 1.807) is 13.8 Å². The maximum Gasteiger partial charge on any atom is 0.324 e. The molecule has 2 rings (SSSR count). The zero-order valence-electron chi connectivity index (χ0n) is 13.4. The van der Waals surface area contributed by atoms with Crippen LogP contribution in [0.5, 0.6) is 0 Å². The Morgan fingerprint density at radius 1 is 1.41 bits per heavy atom. The van der Waals surface area contributed by atoms with Crippen molar-refractivity contribution in [3.05, 3.63) is 11.5 Å². The molecule has 22 heavy (non-hydrogen) atoms. The van der Waals surface area contributed by atoms with Crippen LogP contribution < -0.4 is 0 Å². The normalized spacial score (nSPS) is 23.2. The second-order valence-electron chi connectivity index (χ2n) is 5.62. The van der Waals surface area contributed by atoms with Crippen molar-refractivity contribution in [3.63, 3.8) is 0 Å². The molecule has 0 saturated carbocycles. The van der Waals surface area contributed by atoms with Crippen molar-refractivity contribution in [1.29, 1.82) is 0 Å². The Hall–Kier alpha value is -1.45. The van der Waals surface area contributed by atoms with Gasteiger partial charge in [0.25, 0.3) is 0 Å². The summed E-state index contributed by atoms with van der Waals surface area (Å²) in [6.07, 6.45) is 0.391. The average molecular weight is 331 g/mol. The summed E-state index contributed by atoms with van der Waals surface area (Å²) in [7, 11) is 1.08. The molecule has 0 aromatic carbocycles. The van der Waals surface area contributed by atoms with E-state index in [0.29, 0.717) is 6.42 Å². The van der Waals surface area contributed by atoms with Crippen LogP contribution in [0.1, 0.15) is 17.9 Å². The fourth-order valence-electron chi connectivity index (χ4n) is 2.73. The van der Waals surface area contributed by atoms with Gasteiger partial charge in [0.15, 0.2) is 5.76 Å². The van der Waals surface area contributed by atoms with Gasteiger partial charge < -0.3 is 14.2 Å². The minimum atomic E-state index is -3.88. The first-order chi connectivity index (χ1) is 10.2. The quantitative estimate of drug-likeness (QED) is 0.725. The number of sulfonamides is 1. The van der Waals surface area contributed by atoms with Crippen molar-refractivity contribution in [2.45, 2.75) is 37.2 Å². The summed E-state index contributed by atoms with van der Waals surface area (Å²) in [5.74, 6) is -0.339. The summed E-state index contributed by atoms with van der Waals surface area (Å²) in [5.41, 5.74) is 0.286. The maximum atomic E-state index is 12.9. The highest BCUT2D eigenvalue weighted by Crippen LogP contribution is 2.31. The lowest BCUT2D eigenvalue weighted by Crippen LogP contribution is -2.41. The molecule has 0 N–H and O–H groups in total. The van der Waals surface area contributed by atoms with E-state index in [4.69, 9.17) is 9.26 Å². The fraction of sp³-hybridized carbons (Fsp3) is 0.692. The molecular formula is C13H21N3O5S. The van der Waals surface area contributed by atoms with Crippen LogP contribution in [0.4, 0.5) is 0 Å². The zero-order valence-corrected chi connectivity index (χ0v) is 14.2. The number of rotatable bonds is 4. The summed E-state index contributed by atoms with van der Waals surface area (Å²) in [4.78, 5) is 13.9. The number of ether oxygens (including phenoxy) is 1. The molecule has 1 aromatic heterocycles. The zero-order chi connectivity index (χ0) is 16.7. The molecule has 1 fully saturated rings. The first-order valence-electron chi connectivity index (χ1n) is 6.89. The van der Waals surface area contributed by atoms with Crippen LogP contribution in [0.15, 0.2) is 9.42 Å². The molecule has 2 atom stereocenters. The lowest BCUT2D eigenvalue weighted by Gasteiger charge is -2.22. The van der Waals surface area contributed by atoms with Crippen LogP contribution in [-0.2, 0) is 19.6 Å². The molecule has 2 heterocycles. The molecule has 0 radical (unpaired) electrons. The molecule has 0 bridgehead atoms. The standard InChI is InChI=1S/C13H21N3O5S/c1-8-12(9(2)21-14-8)22(18,19)16-7-10(15(3)4)6-11(16)13(17)20-5/h10-11H,6-7H2,1-5H3/t10-,11+/m1/s1. The second kappa shape index (κ2) is 5.98. The highest BCUT2D eigenvalue weighted by atomic mass is 32.2. The average Bonchev–Trinajstić information content (AvgIpc) is 3.02. The van der Waals surface area contributed by atoms with Crippen LogP contribution in [-0.4, -0.2) is 68.6 Å². The third-order valence-corrected chi connectivity index (χ3v) is 6.09. The van der Waals surface area contributed by atoms with Crippen molar-refractivity contribution in [1.82, 2.24) is 14.4 Å². The number of carbonyl (C=O) groups is 1. The van der Waals surface area contributed by atoms with Gasteiger partial charge in [-0.3, -0.25) is 4.79 Å². The molecule has 0 spiro atoms. The minimum Gasteiger partial charge on any atom is -0.468 e. The van der Waals surface area contributed by atoms with Crippen molar-refractivity contribution < 1.29 is 22.5 Å². The van der Waals surface area contributed by atoms with E-state index >= 15 is 0 Å². The number of aromatic nitrogens is 1. The van der Waals surface area contributed by atoms with Gasteiger partial charge in [-0.1, -0.05) is 5.16 Å². The fourth-order valence-corrected chi connectivity index (χ4v) is 4.66. The van der Waals surface area contributed by atoms with Crippen molar-refractivity contribution in [3.8, 4) is 0 Å². The Morgan fingerprint density at radius 2 is 2.05 bits per heavy atom. The van der Waals surface area contributed by atoms with Crippen LogP contribution in [0, 0.1) is 13.8 Å². The summed E-state index contributed by atoms with van der Waals surface area (Å²) >= 11 is 0. The van der Waals surface area contributed by atoms with E-state index in [2.05, 4.69) is 5.16 Å². The number of esters is 1. The predicted octanol–water partition coefficient (Wildman–Crippen LogP) is 0.158. The molecule has 1 aliphatic rings. The number of likely N-dealkylation sites (N-methyl/N-ethyl adjacent to an activating group) is 1. The molecule has 1 aromatic rings. The van der Waals surface area contributed by atoms with Gasteiger partial charge in [-0.2, -0.15) is 4.31 Å². The lowest BCUT2D eigenvalue weighted by molar-refractivity contribution is -0.144. The van der Waals surface area contributed by atoms with E-state index in [1.807, 2.05) is 19.0 Å². The predicted molar refractivity (Wildman–Crippen MR) is 77.8 cm³/mol. The summed E-state index contributed by atoms with van der Waals surface area (Å²) in [6, 6.07) is -0.893. The molecule has 1 saturated heterocycles. The number of carbonyl (C=O) groups excluding carboxylic acids is 1. The van der Waals surface area contributed by atoms with Crippen LogP contribution in [0.25, 0.3) is 0 Å². The number of methoxy groups -OCH3 is 1. The third kappa shape index (κ3) is 2.75. The first kappa shape index (κ1) is 16.9. The molecule has 8 nitrogen and oxygen atoms in total. The van der Waals surface area contributed by atoms with E-state index in [9.17, 15) is 13.2 Å². The maximum absolute atomic E-state index is 12.9. The van der Waals surface area contributed by atoms with Gasteiger partial charge >= 0.3 is 5.97 Å². The Morgan fingerprint density at radius 3 is 2.50 bits per heavy atom. The molecule has 124 valence electrons. The van der Waals surface area contributed by atoms with Crippen molar-refractivity contribution >= 4 is 16.0 Å². The van der Waals surface area contributed by atoms with E-state index in [-0.39, 0.29) is 28.9 Å². The van der Waals surface area contributed by atoms with Gasteiger partial charge in [-0.05, 0) is 34.4 Å². The van der Waals surface area contributed by atoms with Gasteiger partial charge in [-0.25, -0.2) is 8.42 Å². The van der Waals surface area contributed by atoms with Gasteiger partial charge in [-0.15, -0.1) is 0 Å². The Bertz CT molecular complexity index is 648. The Labute approximate surface area is 130 Å². The molecule has 0 unspecified atom stereocenters. The van der Waals surface area contributed by atoms with Crippen LogP contribution >= 0.6 is 0 Å². The molecule has 0 aliphatic carbocycles. The molecular weight excluding hydrogens is 310 g/mol. The van der Waals surface area contributed by atoms with Gasteiger partial charge in [0.05, 0.1) is 7.11 Å². The monoisotopic (exact) mass is 331 g/mol. The Balaban J connectivity index is 2.45. The first-order valence-corrected chi connectivity index (χ1v) is 8.33. The van der Waals surface area contributed by atoms with Crippen molar-refractivity contribution in [2.75, 3.05) is 27.7 Å². The van der Waals surface area contributed by atoms with Crippen molar-refractivity contribution in [2.24, 2.45) is 0 Å². The SMILES string of the molecule is COC(=O)[C@@H]1C[C@@H](N(C)C)CN1S(=O)(=O)c1c(C)noc1C. The molecule has 9 heteroatoms. The van der Waals surface area contributed by atoms with E-state index < -0.39 is 22.0 Å². The van der Waals surface area contributed by atoms with Crippen LogP contribution in [0.3, 0.4) is 0 Å². The van der Waals surface area contributed by atoms with E-state index in [0.717, 1.165) is 0 Å². The number of hydrogen-bond donors (Lipinski definition) is 0. The van der Waals surface area contributed by atoms with E-state index in [1.165, 1.54) is 11.4 Å². The number of hydrogen-bond acceptors (Lipinski definition) is 7. The largest absolute Gasteiger partial charge is 0.468 e. The van der Waals surface area contributed by atoms with Gasteiger partial charge in [0.1, 0.15) is 16.6 Å². The lowest BCUT2D eigenvalue weighted by atomic mass is 10.1. The topological polar surface area (TPSA) is 93.0 Å². The summed E-state index contributed by atoms with van der Waals surface area (Å²) in [6.45, 7) is 3.33. The van der Waals surface area contributed by atoms with Crippen LogP contribution in [0.2, 0.25) is 0 Å². The molecule has 1 aliphatic heterocycles. The Kier molecular flexibility index (Phi) is 4.59. The minimum absolute atomic E-state index is 0.0285. The highest BCUT2D eigenvalue weighted by molar-refractivity contribution is 7.89. The summed E-state index contributed by atoms with van der Waals surface area (Å²) < 4.78 is 36.8. The third-order valence-electron chi connectivity index (χ3n) is 3.97. The molecule has 0 amide bonds. The number of aryl methyl sites for hydroxylation is 2. The number of nitrogens with zero attached hydrogens (tertiary/aromatic N) is 3. The highest BCUT2D eigenvalue weighted by Gasteiger charge is 2.46. The van der Waals surface area contributed by atoms with Gasteiger partial charge in [0.2, 0.25) is 10.0 Å².